The number of hydrogen-bond acceptors (Lipinski definition) is 5. The molecule has 2 heterocycles. The van der Waals surface area contributed by atoms with Gasteiger partial charge in [-0.2, -0.15) is 0 Å². The van der Waals surface area contributed by atoms with Gasteiger partial charge < -0.3 is 14.2 Å². The first-order valence-electron chi connectivity index (χ1n) is 8.61. The molecule has 5 nitrogen and oxygen atoms in total. The third-order valence-corrected chi connectivity index (χ3v) is 5.02. The molecule has 1 saturated heterocycles. The van der Waals surface area contributed by atoms with Gasteiger partial charge >= 0.3 is 11.9 Å². The van der Waals surface area contributed by atoms with E-state index in [0.29, 0.717) is 24.2 Å². The van der Waals surface area contributed by atoms with Crippen molar-refractivity contribution in [3.05, 3.63) is 47.1 Å². The fraction of sp³-hybridized carbons (Fsp3) is 0.500. The quantitative estimate of drug-likeness (QED) is 0.438. The minimum absolute atomic E-state index is 0.0248. The Hall–Kier alpha value is -2.14. The maximum absolute atomic E-state index is 12.3. The highest BCUT2D eigenvalue weighted by atomic mass is 16.6. The van der Waals surface area contributed by atoms with Crippen molar-refractivity contribution in [2.45, 2.75) is 51.9 Å². The zero-order valence-corrected chi connectivity index (χ0v) is 14.9. The summed E-state index contributed by atoms with van der Waals surface area (Å²) in [6.07, 6.45) is 6.08. The molecule has 2 aliphatic heterocycles. The van der Waals surface area contributed by atoms with Crippen LogP contribution in [0.25, 0.3) is 0 Å². The molecule has 25 heavy (non-hydrogen) atoms. The second-order valence-electron chi connectivity index (χ2n) is 6.93. The highest BCUT2D eigenvalue weighted by molar-refractivity contribution is 5.92. The van der Waals surface area contributed by atoms with E-state index in [1.54, 1.807) is 19.9 Å². The third-order valence-electron chi connectivity index (χ3n) is 5.02. The summed E-state index contributed by atoms with van der Waals surface area (Å²) in [7, 11) is 0. The van der Waals surface area contributed by atoms with E-state index >= 15 is 0 Å². The summed E-state index contributed by atoms with van der Waals surface area (Å²) >= 11 is 0. The van der Waals surface area contributed by atoms with Gasteiger partial charge in [0.05, 0.1) is 18.6 Å². The fourth-order valence-corrected chi connectivity index (χ4v) is 3.51. The number of ether oxygens (including phenoxy) is 3. The normalized spacial score (nSPS) is 32.5. The summed E-state index contributed by atoms with van der Waals surface area (Å²) in [6.45, 7) is 9.91. The first-order chi connectivity index (χ1) is 11.9. The Kier molecular flexibility index (Phi) is 4.95. The van der Waals surface area contributed by atoms with Crippen LogP contribution in [0.4, 0.5) is 0 Å². The molecule has 0 aromatic carbocycles. The molecule has 0 saturated carbocycles. The molecule has 0 N–H and O–H groups in total. The zero-order chi connectivity index (χ0) is 18.1. The number of hydrogen-bond donors (Lipinski definition) is 0. The predicted molar refractivity (Wildman–Crippen MR) is 92.6 cm³/mol. The Morgan fingerprint density at radius 3 is 2.84 bits per heavy atom. The fourth-order valence-electron chi connectivity index (χ4n) is 3.51. The Balaban J connectivity index is 1.96. The maximum Gasteiger partial charge on any atom is 0.334 e. The molecular weight excluding hydrogens is 320 g/mol. The van der Waals surface area contributed by atoms with Crippen LogP contribution < -0.4 is 0 Å². The molecule has 4 unspecified atom stereocenters. The molecule has 134 valence electrons. The smallest absolute Gasteiger partial charge is 0.334 e. The maximum atomic E-state index is 12.3. The largest absolute Gasteiger partial charge is 0.458 e. The van der Waals surface area contributed by atoms with E-state index in [9.17, 15) is 9.59 Å². The van der Waals surface area contributed by atoms with E-state index in [2.05, 4.69) is 12.7 Å². The van der Waals surface area contributed by atoms with Crippen molar-refractivity contribution in [2.75, 3.05) is 6.61 Å². The molecule has 3 rings (SSSR count). The number of esters is 2. The number of fused-ring (bicyclic) bond motifs is 2. The van der Waals surface area contributed by atoms with Gasteiger partial charge in [0.25, 0.3) is 0 Å². The Morgan fingerprint density at radius 1 is 1.36 bits per heavy atom. The summed E-state index contributed by atoms with van der Waals surface area (Å²) in [6, 6.07) is 0. The first kappa shape index (κ1) is 17.7. The number of carbonyl (C=O) groups is 2. The van der Waals surface area contributed by atoms with Crippen LogP contribution >= 0.6 is 0 Å². The van der Waals surface area contributed by atoms with Crippen LogP contribution in [0.3, 0.4) is 0 Å². The summed E-state index contributed by atoms with van der Waals surface area (Å²) < 4.78 is 17.1. The summed E-state index contributed by atoms with van der Waals surface area (Å²) in [5.74, 6) is -1.18. The standard InChI is InChI=1S/C20H24O5/c1-5-12(3)19(21)24-17-9-14-8-15(23-10-14)6-11(2)7-16-18(17)13(4)20(22)25-16/h5,7-8,15-18H,4,6,9-10H2,1-3H3. The summed E-state index contributed by atoms with van der Waals surface area (Å²) in [5.41, 5.74) is 3.06. The minimum Gasteiger partial charge on any atom is -0.458 e. The van der Waals surface area contributed by atoms with E-state index in [1.165, 1.54) is 0 Å². The Bertz CT molecular complexity index is 695. The van der Waals surface area contributed by atoms with Crippen molar-refractivity contribution >= 4 is 11.9 Å². The lowest BCUT2D eigenvalue weighted by molar-refractivity contribution is -0.147. The van der Waals surface area contributed by atoms with E-state index in [-0.39, 0.29) is 18.0 Å². The lowest BCUT2D eigenvalue weighted by Gasteiger charge is -2.27. The topological polar surface area (TPSA) is 61.8 Å². The van der Waals surface area contributed by atoms with Gasteiger partial charge in [-0.1, -0.05) is 24.3 Å². The minimum atomic E-state index is -0.512. The Labute approximate surface area is 148 Å². The molecule has 1 aliphatic carbocycles. The second-order valence-corrected chi connectivity index (χ2v) is 6.93. The monoisotopic (exact) mass is 344 g/mol. The SMILES string of the molecule is C=C1C(=O)OC2C=C(C)CC3C=C(CO3)CC(OC(=O)C(C)=CC)C12. The van der Waals surface area contributed by atoms with Crippen LogP contribution in [0.5, 0.6) is 0 Å². The molecule has 1 fully saturated rings. The predicted octanol–water partition coefficient (Wildman–Crippen LogP) is 3.03. The van der Waals surface area contributed by atoms with Gasteiger partial charge in [0.15, 0.2) is 0 Å². The van der Waals surface area contributed by atoms with Gasteiger partial charge in [-0.3, -0.25) is 0 Å². The third kappa shape index (κ3) is 3.61. The highest BCUT2D eigenvalue weighted by Gasteiger charge is 2.45. The van der Waals surface area contributed by atoms with Crippen LogP contribution in [0.1, 0.15) is 33.6 Å². The van der Waals surface area contributed by atoms with Gasteiger partial charge in [-0.25, -0.2) is 9.59 Å². The molecule has 0 aromatic rings. The zero-order valence-electron chi connectivity index (χ0n) is 14.9. The lowest BCUT2D eigenvalue weighted by Crippen LogP contribution is -2.33. The van der Waals surface area contributed by atoms with Crippen molar-refractivity contribution < 1.29 is 23.8 Å². The molecule has 3 aliphatic rings. The van der Waals surface area contributed by atoms with Crippen LogP contribution in [0.15, 0.2) is 47.1 Å². The molecular formula is C20H24O5. The molecule has 0 spiro atoms. The second kappa shape index (κ2) is 7.00. The lowest BCUT2D eigenvalue weighted by atomic mass is 9.85. The van der Waals surface area contributed by atoms with Gasteiger partial charge in [-0.05, 0) is 38.8 Å². The molecule has 5 heteroatoms. The average Bonchev–Trinajstić information content (AvgIpc) is 3.09. The molecule has 0 amide bonds. The van der Waals surface area contributed by atoms with Gasteiger partial charge in [0.1, 0.15) is 12.2 Å². The van der Waals surface area contributed by atoms with Crippen molar-refractivity contribution in [3.8, 4) is 0 Å². The van der Waals surface area contributed by atoms with E-state index in [4.69, 9.17) is 14.2 Å². The van der Waals surface area contributed by atoms with Crippen molar-refractivity contribution in [2.24, 2.45) is 5.92 Å². The number of carbonyl (C=O) groups excluding carboxylic acids is 2. The van der Waals surface area contributed by atoms with Crippen molar-refractivity contribution in [3.63, 3.8) is 0 Å². The van der Waals surface area contributed by atoms with Crippen LogP contribution in [-0.2, 0) is 23.8 Å². The summed E-state index contributed by atoms with van der Waals surface area (Å²) in [4.78, 5) is 24.4. The van der Waals surface area contributed by atoms with Gasteiger partial charge in [0, 0.05) is 17.6 Å². The van der Waals surface area contributed by atoms with Crippen molar-refractivity contribution in [1.29, 1.82) is 0 Å². The van der Waals surface area contributed by atoms with Gasteiger partial charge in [0.2, 0.25) is 0 Å². The van der Waals surface area contributed by atoms with E-state index in [0.717, 1.165) is 17.6 Å². The molecule has 4 atom stereocenters. The first-order valence-corrected chi connectivity index (χ1v) is 8.61. The van der Waals surface area contributed by atoms with Crippen LogP contribution in [-0.4, -0.2) is 36.9 Å². The van der Waals surface area contributed by atoms with Crippen molar-refractivity contribution in [1.82, 2.24) is 0 Å². The van der Waals surface area contributed by atoms with Gasteiger partial charge in [-0.15, -0.1) is 0 Å². The average molecular weight is 344 g/mol. The number of rotatable bonds is 2. The molecule has 0 radical (unpaired) electrons. The van der Waals surface area contributed by atoms with E-state index < -0.39 is 18.2 Å². The Morgan fingerprint density at radius 2 is 2.12 bits per heavy atom. The molecule has 0 aromatic heterocycles. The van der Waals surface area contributed by atoms with Crippen LogP contribution in [0, 0.1) is 5.92 Å². The summed E-state index contributed by atoms with van der Waals surface area (Å²) in [5, 5.41) is 0. The highest BCUT2D eigenvalue weighted by Crippen LogP contribution is 2.37. The number of allylic oxidation sites excluding steroid dienone is 1. The molecule has 2 bridgehead atoms. The van der Waals surface area contributed by atoms with Crippen LogP contribution in [0.2, 0.25) is 0 Å². The van der Waals surface area contributed by atoms with E-state index in [1.807, 2.05) is 13.0 Å².